The fraction of sp³-hybridized carbons (Fsp3) is 0.533. The third kappa shape index (κ3) is 3.15. The van der Waals surface area contributed by atoms with E-state index in [1.165, 1.54) is 0 Å². The van der Waals surface area contributed by atoms with Gasteiger partial charge in [0.2, 0.25) is 0 Å². The Morgan fingerprint density at radius 3 is 2.60 bits per heavy atom. The summed E-state index contributed by atoms with van der Waals surface area (Å²) in [5, 5.41) is 0. The van der Waals surface area contributed by atoms with Crippen LogP contribution in [0.3, 0.4) is 0 Å². The lowest BCUT2D eigenvalue weighted by atomic mass is 10.2. The third-order valence-electron chi connectivity index (χ3n) is 3.58. The molecule has 1 fully saturated rings. The lowest BCUT2D eigenvalue weighted by molar-refractivity contribution is -0.136. The summed E-state index contributed by atoms with van der Waals surface area (Å²) >= 11 is 0. The van der Waals surface area contributed by atoms with Crippen molar-refractivity contribution in [2.45, 2.75) is 25.9 Å². The van der Waals surface area contributed by atoms with Gasteiger partial charge in [-0.25, -0.2) is 0 Å². The van der Waals surface area contributed by atoms with Gasteiger partial charge in [-0.2, -0.15) is 0 Å². The van der Waals surface area contributed by atoms with Crippen LogP contribution in [0, 0.1) is 0 Å². The molecule has 0 aliphatic carbocycles. The Morgan fingerprint density at radius 2 is 2.00 bits per heavy atom. The van der Waals surface area contributed by atoms with Gasteiger partial charge in [0.15, 0.2) is 6.10 Å². The third-order valence-corrected chi connectivity index (χ3v) is 3.58. The molecule has 0 spiro atoms. The molecule has 2 N–H and O–H groups in total. The van der Waals surface area contributed by atoms with Crippen molar-refractivity contribution in [3.05, 3.63) is 18.2 Å². The van der Waals surface area contributed by atoms with Crippen molar-refractivity contribution < 1.29 is 9.53 Å². The maximum Gasteiger partial charge on any atom is 0.263 e. The molecule has 1 aliphatic heterocycles. The molecule has 0 radical (unpaired) electrons. The van der Waals surface area contributed by atoms with E-state index in [4.69, 9.17) is 10.5 Å². The average molecular weight is 277 g/mol. The van der Waals surface area contributed by atoms with Gasteiger partial charge in [0.1, 0.15) is 5.75 Å². The Hall–Kier alpha value is -1.91. The van der Waals surface area contributed by atoms with Crippen LogP contribution in [0.15, 0.2) is 18.2 Å². The van der Waals surface area contributed by atoms with E-state index in [1.54, 1.807) is 13.0 Å². The number of benzene rings is 1. The van der Waals surface area contributed by atoms with Gasteiger partial charge in [-0.3, -0.25) is 4.79 Å². The molecule has 20 heavy (non-hydrogen) atoms. The zero-order chi connectivity index (χ0) is 14.7. The Balaban J connectivity index is 2.08. The molecule has 5 heteroatoms. The Labute approximate surface area is 120 Å². The first-order valence-corrected chi connectivity index (χ1v) is 7.01. The topological polar surface area (TPSA) is 58.8 Å². The van der Waals surface area contributed by atoms with Gasteiger partial charge in [0, 0.05) is 38.9 Å². The van der Waals surface area contributed by atoms with Gasteiger partial charge in [-0.05, 0) is 31.9 Å². The second kappa shape index (κ2) is 6.03. The fourth-order valence-electron chi connectivity index (χ4n) is 2.34. The van der Waals surface area contributed by atoms with Crippen molar-refractivity contribution in [1.29, 1.82) is 0 Å². The Bertz CT molecular complexity index is 482. The van der Waals surface area contributed by atoms with Crippen molar-refractivity contribution in [2.24, 2.45) is 0 Å². The minimum absolute atomic E-state index is 0.0390. The summed E-state index contributed by atoms with van der Waals surface area (Å²) in [7, 11) is 3.90. The molecule has 0 aromatic heterocycles. The summed E-state index contributed by atoms with van der Waals surface area (Å²) in [6.45, 7) is 3.45. The lowest BCUT2D eigenvalue weighted by Gasteiger charge is -2.22. The van der Waals surface area contributed by atoms with Crippen LogP contribution in [0.2, 0.25) is 0 Å². The summed E-state index contributed by atoms with van der Waals surface area (Å²) in [5.41, 5.74) is 7.47. The molecule has 0 bridgehead atoms. The molecule has 0 saturated carbocycles. The molecule has 1 unspecified atom stereocenters. The molecule has 5 nitrogen and oxygen atoms in total. The predicted molar refractivity (Wildman–Crippen MR) is 81.1 cm³/mol. The Kier molecular flexibility index (Phi) is 4.37. The number of ether oxygens (including phenoxy) is 1. The molecule has 1 aliphatic rings. The van der Waals surface area contributed by atoms with E-state index >= 15 is 0 Å². The number of nitrogens with two attached hydrogens (primary N) is 1. The second-order valence-electron chi connectivity index (χ2n) is 5.41. The van der Waals surface area contributed by atoms with Crippen LogP contribution >= 0.6 is 0 Å². The zero-order valence-electron chi connectivity index (χ0n) is 12.4. The van der Waals surface area contributed by atoms with Crippen LogP contribution in [0.1, 0.15) is 19.8 Å². The molecule has 1 aromatic carbocycles. The number of likely N-dealkylation sites (tertiary alicyclic amines) is 1. The van der Waals surface area contributed by atoms with E-state index < -0.39 is 6.10 Å². The molecule has 1 heterocycles. The van der Waals surface area contributed by atoms with Crippen LogP contribution < -0.4 is 15.4 Å². The fourth-order valence-corrected chi connectivity index (χ4v) is 2.34. The highest BCUT2D eigenvalue weighted by Crippen LogP contribution is 2.28. The normalized spacial score (nSPS) is 16.1. The van der Waals surface area contributed by atoms with E-state index in [9.17, 15) is 4.79 Å². The number of anilines is 2. The van der Waals surface area contributed by atoms with E-state index in [0.717, 1.165) is 31.6 Å². The number of amides is 1. The monoisotopic (exact) mass is 277 g/mol. The number of carbonyl (C=O) groups excluding carboxylic acids is 1. The number of nitrogens with zero attached hydrogens (tertiary/aromatic N) is 2. The number of rotatable bonds is 4. The molecule has 110 valence electrons. The first-order chi connectivity index (χ1) is 9.49. The maximum absolute atomic E-state index is 12.2. The quantitative estimate of drug-likeness (QED) is 0.851. The van der Waals surface area contributed by atoms with Crippen LogP contribution in [-0.2, 0) is 4.79 Å². The Morgan fingerprint density at radius 1 is 1.35 bits per heavy atom. The minimum Gasteiger partial charge on any atom is -0.479 e. The SMILES string of the molecule is CC(Oc1cc(N(C)C)ccc1N)C(=O)N1CCCC1. The molecule has 1 saturated heterocycles. The predicted octanol–water partition coefficient (Wildman–Crippen LogP) is 1.72. The molecule has 1 aromatic rings. The highest BCUT2D eigenvalue weighted by molar-refractivity contribution is 5.81. The first-order valence-electron chi connectivity index (χ1n) is 7.01. The molecular weight excluding hydrogens is 254 g/mol. The van der Waals surface area contributed by atoms with Gasteiger partial charge in [-0.15, -0.1) is 0 Å². The molecule has 2 rings (SSSR count). The van der Waals surface area contributed by atoms with Crippen molar-refractivity contribution in [3.63, 3.8) is 0 Å². The largest absolute Gasteiger partial charge is 0.479 e. The van der Waals surface area contributed by atoms with Crippen LogP contribution in [0.4, 0.5) is 11.4 Å². The van der Waals surface area contributed by atoms with Crippen LogP contribution in [0.25, 0.3) is 0 Å². The summed E-state index contributed by atoms with van der Waals surface area (Å²) in [6, 6.07) is 5.59. The molecule has 1 atom stereocenters. The zero-order valence-corrected chi connectivity index (χ0v) is 12.4. The van der Waals surface area contributed by atoms with Crippen molar-refractivity contribution in [1.82, 2.24) is 4.90 Å². The standard InChI is InChI=1S/C15H23N3O2/c1-11(15(19)18-8-4-5-9-18)20-14-10-12(17(2)3)6-7-13(14)16/h6-7,10-11H,4-5,8-9,16H2,1-3H3. The van der Waals surface area contributed by atoms with Crippen LogP contribution in [-0.4, -0.2) is 44.1 Å². The van der Waals surface area contributed by atoms with Crippen LogP contribution in [0.5, 0.6) is 5.75 Å². The second-order valence-corrected chi connectivity index (χ2v) is 5.41. The highest BCUT2D eigenvalue weighted by atomic mass is 16.5. The number of hydrogen-bond acceptors (Lipinski definition) is 4. The van der Waals surface area contributed by atoms with E-state index in [2.05, 4.69) is 0 Å². The first kappa shape index (κ1) is 14.5. The van der Waals surface area contributed by atoms with Gasteiger partial charge in [0.25, 0.3) is 5.91 Å². The average Bonchev–Trinajstić information content (AvgIpc) is 2.94. The van der Waals surface area contributed by atoms with Gasteiger partial charge >= 0.3 is 0 Å². The van der Waals surface area contributed by atoms with Crippen molar-refractivity contribution >= 4 is 17.3 Å². The summed E-state index contributed by atoms with van der Waals surface area (Å²) in [5.74, 6) is 0.605. The molecule has 1 amide bonds. The number of hydrogen-bond donors (Lipinski definition) is 1. The lowest BCUT2D eigenvalue weighted by Crippen LogP contribution is -2.38. The summed E-state index contributed by atoms with van der Waals surface area (Å²) < 4.78 is 5.77. The van der Waals surface area contributed by atoms with Gasteiger partial charge in [-0.1, -0.05) is 0 Å². The van der Waals surface area contributed by atoms with E-state index in [-0.39, 0.29) is 5.91 Å². The smallest absolute Gasteiger partial charge is 0.263 e. The highest BCUT2D eigenvalue weighted by Gasteiger charge is 2.25. The van der Waals surface area contributed by atoms with Gasteiger partial charge < -0.3 is 20.3 Å². The number of carbonyl (C=O) groups is 1. The molecular formula is C15H23N3O2. The summed E-state index contributed by atoms with van der Waals surface area (Å²) in [4.78, 5) is 16.1. The van der Waals surface area contributed by atoms with E-state index in [0.29, 0.717) is 11.4 Å². The van der Waals surface area contributed by atoms with E-state index in [1.807, 2.05) is 36.0 Å². The summed E-state index contributed by atoms with van der Waals surface area (Å²) in [6.07, 6.45) is 1.65. The van der Waals surface area contributed by atoms with Gasteiger partial charge in [0.05, 0.1) is 5.69 Å². The van der Waals surface area contributed by atoms with Crippen molar-refractivity contribution in [3.8, 4) is 5.75 Å². The number of nitrogen functional groups attached to an aromatic ring is 1. The minimum atomic E-state index is -0.507. The van der Waals surface area contributed by atoms with Crippen molar-refractivity contribution in [2.75, 3.05) is 37.8 Å². The maximum atomic E-state index is 12.2.